The SMILES string of the molecule is CCCCCCCCOc1ccc(/C=C2/SC(=S)N([C@H]3CCS(=O)(=O)C3)C2=O)cc1OC. The number of hydrogen-bond acceptors (Lipinski definition) is 7. The minimum atomic E-state index is -3.10. The highest BCUT2D eigenvalue weighted by Gasteiger charge is 2.42. The molecule has 2 aliphatic heterocycles. The monoisotopic (exact) mass is 497 g/mol. The van der Waals surface area contributed by atoms with E-state index < -0.39 is 9.84 Å². The molecule has 0 unspecified atom stereocenters. The lowest BCUT2D eigenvalue weighted by atomic mass is 10.1. The highest BCUT2D eigenvalue weighted by Crippen LogP contribution is 2.37. The van der Waals surface area contributed by atoms with Crippen molar-refractivity contribution < 1.29 is 22.7 Å². The second-order valence-corrected chi connectivity index (χ2v) is 12.0. The molecule has 2 heterocycles. The normalized spacial score (nSPS) is 21.5. The number of ether oxygens (including phenoxy) is 2. The largest absolute Gasteiger partial charge is 0.493 e. The fourth-order valence-corrected chi connectivity index (χ4v) is 6.98. The number of rotatable bonds is 11. The number of thioether (sulfide) groups is 1. The molecule has 3 rings (SSSR count). The van der Waals surface area contributed by atoms with E-state index in [-0.39, 0.29) is 23.5 Å². The fraction of sp³-hybridized carbons (Fsp3) is 0.565. The second kappa shape index (κ2) is 11.5. The number of unbranched alkanes of at least 4 members (excludes halogenated alkanes) is 5. The van der Waals surface area contributed by atoms with Crippen molar-refractivity contribution in [2.75, 3.05) is 25.2 Å². The molecule has 0 aromatic heterocycles. The van der Waals surface area contributed by atoms with Gasteiger partial charge in [-0.05, 0) is 36.6 Å². The molecule has 0 saturated carbocycles. The summed E-state index contributed by atoms with van der Waals surface area (Å²) < 4.78 is 35.4. The zero-order valence-corrected chi connectivity index (χ0v) is 21.1. The van der Waals surface area contributed by atoms with Crippen LogP contribution in [0, 0.1) is 0 Å². The van der Waals surface area contributed by atoms with Gasteiger partial charge in [0.05, 0.1) is 36.2 Å². The van der Waals surface area contributed by atoms with E-state index in [1.54, 1.807) is 13.2 Å². The zero-order valence-electron chi connectivity index (χ0n) is 18.7. The summed E-state index contributed by atoms with van der Waals surface area (Å²) in [4.78, 5) is 14.9. The minimum Gasteiger partial charge on any atom is -0.493 e. The molecule has 0 bridgehead atoms. The number of thiocarbonyl (C=S) groups is 1. The molecule has 2 saturated heterocycles. The maximum Gasteiger partial charge on any atom is 0.266 e. The lowest BCUT2D eigenvalue weighted by Crippen LogP contribution is -2.39. The van der Waals surface area contributed by atoms with Crippen LogP contribution in [0.2, 0.25) is 0 Å². The van der Waals surface area contributed by atoms with Gasteiger partial charge in [0, 0.05) is 0 Å². The third-order valence-electron chi connectivity index (χ3n) is 5.64. The predicted molar refractivity (Wildman–Crippen MR) is 134 cm³/mol. The van der Waals surface area contributed by atoms with Crippen LogP contribution >= 0.6 is 24.0 Å². The molecule has 0 N–H and O–H groups in total. The first-order valence-corrected chi connectivity index (χ1v) is 14.2. The molecular formula is C23H31NO5S3. The van der Waals surface area contributed by atoms with Crippen molar-refractivity contribution >= 4 is 50.1 Å². The Morgan fingerprint density at radius 2 is 1.94 bits per heavy atom. The van der Waals surface area contributed by atoms with Crippen LogP contribution in [0.5, 0.6) is 11.5 Å². The van der Waals surface area contributed by atoms with Crippen molar-refractivity contribution in [3.63, 3.8) is 0 Å². The Balaban J connectivity index is 1.62. The third kappa shape index (κ3) is 6.48. The van der Waals surface area contributed by atoms with Gasteiger partial charge in [0.1, 0.15) is 4.32 Å². The van der Waals surface area contributed by atoms with E-state index in [9.17, 15) is 13.2 Å². The zero-order chi connectivity index (χ0) is 23.1. The fourth-order valence-electron chi connectivity index (χ4n) is 3.88. The summed E-state index contributed by atoms with van der Waals surface area (Å²) in [6, 6.07) is 5.20. The summed E-state index contributed by atoms with van der Waals surface area (Å²) in [5.74, 6) is 1.14. The second-order valence-electron chi connectivity index (χ2n) is 8.14. The lowest BCUT2D eigenvalue weighted by molar-refractivity contribution is -0.123. The molecule has 2 aliphatic rings. The standard InChI is InChI=1S/C23H31NO5S3/c1-3-4-5-6-7-8-12-29-19-10-9-17(14-20(19)28-2)15-21-22(25)24(23(30)31-21)18-11-13-32(26,27)16-18/h9-10,14-15,18H,3-8,11-13,16H2,1-2H3/b21-15+/t18-/m0/s1. The quantitative estimate of drug-likeness (QED) is 0.246. The van der Waals surface area contributed by atoms with Crippen molar-refractivity contribution in [1.29, 1.82) is 0 Å². The Morgan fingerprint density at radius 1 is 1.19 bits per heavy atom. The Hall–Kier alpha value is -1.58. The van der Waals surface area contributed by atoms with E-state index in [2.05, 4.69) is 6.92 Å². The Labute approximate surface area is 200 Å². The molecule has 1 aromatic rings. The van der Waals surface area contributed by atoms with Crippen LogP contribution in [0.1, 0.15) is 57.4 Å². The van der Waals surface area contributed by atoms with E-state index in [1.165, 1.54) is 42.3 Å². The molecule has 1 atom stereocenters. The van der Waals surface area contributed by atoms with Crippen LogP contribution in [-0.4, -0.2) is 54.8 Å². The molecule has 6 nitrogen and oxygen atoms in total. The highest BCUT2D eigenvalue weighted by atomic mass is 32.2. The summed E-state index contributed by atoms with van der Waals surface area (Å²) in [7, 11) is -1.50. The number of sulfone groups is 1. The van der Waals surface area contributed by atoms with Gasteiger partial charge in [0.25, 0.3) is 5.91 Å². The first-order chi connectivity index (χ1) is 15.3. The van der Waals surface area contributed by atoms with E-state index in [4.69, 9.17) is 21.7 Å². The Kier molecular flexibility index (Phi) is 9.02. The van der Waals surface area contributed by atoms with Crippen LogP contribution in [0.15, 0.2) is 23.1 Å². The number of methoxy groups -OCH3 is 1. The first kappa shape index (κ1) is 25.1. The number of carbonyl (C=O) groups excluding carboxylic acids is 1. The van der Waals surface area contributed by atoms with Crippen LogP contribution in [0.4, 0.5) is 0 Å². The van der Waals surface area contributed by atoms with E-state index in [1.807, 2.05) is 18.2 Å². The van der Waals surface area contributed by atoms with Crippen molar-refractivity contribution in [2.45, 2.75) is 57.9 Å². The molecule has 9 heteroatoms. The van der Waals surface area contributed by atoms with Gasteiger partial charge in [-0.25, -0.2) is 8.42 Å². The van der Waals surface area contributed by atoms with Crippen LogP contribution in [-0.2, 0) is 14.6 Å². The Bertz CT molecular complexity index is 974. The third-order valence-corrected chi connectivity index (χ3v) is 8.72. The number of amides is 1. The maximum atomic E-state index is 12.9. The Morgan fingerprint density at radius 3 is 2.62 bits per heavy atom. The molecule has 2 fully saturated rings. The van der Waals surface area contributed by atoms with E-state index >= 15 is 0 Å². The predicted octanol–water partition coefficient (Wildman–Crippen LogP) is 4.82. The number of carbonyl (C=O) groups is 1. The smallest absolute Gasteiger partial charge is 0.266 e. The topological polar surface area (TPSA) is 72.9 Å². The van der Waals surface area contributed by atoms with Crippen LogP contribution < -0.4 is 9.47 Å². The molecule has 1 aromatic carbocycles. The summed E-state index contributed by atoms with van der Waals surface area (Å²) in [6.45, 7) is 2.85. The first-order valence-electron chi connectivity index (χ1n) is 11.1. The average molecular weight is 498 g/mol. The van der Waals surface area contributed by atoms with Crippen molar-refractivity contribution in [3.8, 4) is 11.5 Å². The molecule has 1 amide bonds. The average Bonchev–Trinajstić information content (AvgIpc) is 3.25. The summed E-state index contributed by atoms with van der Waals surface area (Å²) in [6.07, 6.45) is 9.40. The number of nitrogens with zero attached hydrogens (tertiary/aromatic N) is 1. The van der Waals surface area contributed by atoms with E-state index in [0.717, 1.165) is 18.4 Å². The highest BCUT2D eigenvalue weighted by molar-refractivity contribution is 8.26. The van der Waals surface area contributed by atoms with Crippen molar-refractivity contribution in [3.05, 3.63) is 28.7 Å². The van der Waals surface area contributed by atoms with Gasteiger partial charge in [-0.1, -0.05) is 69.1 Å². The van der Waals surface area contributed by atoms with Crippen LogP contribution in [0.25, 0.3) is 6.08 Å². The van der Waals surface area contributed by atoms with Gasteiger partial charge in [-0.15, -0.1) is 0 Å². The van der Waals surface area contributed by atoms with Crippen LogP contribution in [0.3, 0.4) is 0 Å². The minimum absolute atomic E-state index is 0.0226. The maximum absolute atomic E-state index is 12.9. The van der Waals surface area contributed by atoms with E-state index in [0.29, 0.717) is 33.8 Å². The van der Waals surface area contributed by atoms with Gasteiger partial charge >= 0.3 is 0 Å². The summed E-state index contributed by atoms with van der Waals surface area (Å²) in [5, 5.41) is 0. The van der Waals surface area contributed by atoms with Gasteiger partial charge in [0.2, 0.25) is 0 Å². The molecular weight excluding hydrogens is 466 g/mol. The van der Waals surface area contributed by atoms with Gasteiger partial charge in [0.15, 0.2) is 21.3 Å². The molecule has 0 aliphatic carbocycles. The van der Waals surface area contributed by atoms with Gasteiger partial charge in [-0.2, -0.15) is 0 Å². The lowest BCUT2D eigenvalue weighted by Gasteiger charge is -2.20. The summed E-state index contributed by atoms with van der Waals surface area (Å²) in [5.41, 5.74) is 0.799. The molecule has 176 valence electrons. The van der Waals surface area contributed by atoms with Crippen molar-refractivity contribution in [1.82, 2.24) is 4.90 Å². The molecule has 0 spiro atoms. The van der Waals surface area contributed by atoms with Gasteiger partial charge < -0.3 is 9.47 Å². The number of benzene rings is 1. The molecule has 0 radical (unpaired) electrons. The van der Waals surface area contributed by atoms with Gasteiger partial charge in [-0.3, -0.25) is 9.69 Å². The van der Waals surface area contributed by atoms with Crippen molar-refractivity contribution in [2.24, 2.45) is 0 Å². The number of hydrogen-bond donors (Lipinski definition) is 0. The summed E-state index contributed by atoms with van der Waals surface area (Å²) >= 11 is 6.58. The molecule has 32 heavy (non-hydrogen) atoms.